The Hall–Kier alpha value is -2.51. The van der Waals surface area contributed by atoms with Crippen LogP contribution in [0.5, 0.6) is 5.75 Å². The van der Waals surface area contributed by atoms with E-state index < -0.39 is 17.8 Å². The summed E-state index contributed by atoms with van der Waals surface area (Å²) in [6, 6.07) is 8.43. The average molecular weight is 318 g/mol. The first-order chi connectivity index (χ1) is 11.1. The fourth-order valence-electron chi connectivity index (χ4n) is 1.96. The minimum absolute atomic E-state index is 0.128. The van der Waals surface area contributed by atoms with Crippen LogP contribution in [-0.2, 0) is 22.9 Å². The molecular weight excluding hydrogens is 300 g/mol. The Morgan fingerprint density at radius 2 is 1.87 bits per heavy atom. The number of esters is 1. The number of nitrogens with zero attached hydrogens (tertiary/aromatic N) is 2. The Bertz CT molecular complexity index is 723. The molecule has 1 heterocycles. The molecule has 0 atom stereocenters. The van der Waals surface area contributed by atoms with Crippen LogP contribution in [0.2, 0.25) is 0 Å². The maximum atomic E-state index is 12.3. The number of ether oxygens (including phenoxy) is 3. The van der Waals surface area contributed by atoms with Gasteiger partial charge >= 0.3 is 5.97 Å². The Labute approximate surface area is 133 Å². The summed E-state index contributed by atoms with van der Waals surface area (Å²) < 4.78 is 16.6. The van der Waals surface area contributed by atoms with Gasteiger partial charge in [-0.15, -0.1) is 0 Å². The van der Waals surface area contributed by atoms with Gasteiger partial charge in [-0.05, 0) is 12.1 Å². The molecule has 0 saturated carbocycles. The van der Waals surface area contributed by atoms with Gasteiger partial charge in [0.2, 0.25) is 5.75 Å². The van der Waals surface area contributed by atoms with E-state index in [-0.39, 0.29) is 5.75 Å². The van der Waals surface area contributed by atoms with Gasteiger partial charge in [0, 0.05) is 21.3 Å². The van der Waals surface area contributed by atoms with Crippen molar-refractivity contribution >= 4 is 5.97 Å². The zero-order valence-electron chi connectivity index (χ0n) is 13.2. The number of hydrogen-bond acceptors (Lipinski definition) is 6. The molecule has 0 radical (unpaired) electrons. The quantitative estimate of drug-likeness (QED) is 0.587. The lowest BCUT2D eigenvalue weighted by molar-refractivity contribution is -0.102. The van der Waals surface area contributed by atoms with Crippen LogP contribution in [0, 0.1) is 0 Å². The van der Waals surface area contributed by atoms with Crippen LogP contribution < -0.4 is 10.3 Å². The fourth-order valence-corrected chi connectivity index (χ4v) is 1.96. The van der Waals surface area contributed by atoms with Crippen molar-refractivity contribution in [3.63, 3.8) is 0 Å². The van der Waals surface area contributed by atoms with Crippen LogP contribution in [0.1, 0.15) is 16.2 Å². The molecule has 1 aromatic carbocycles. The van der Waals surface area contributed by atoms with E-state index in [9.17, 15) is 9.59 Å². The number of hydrogen-bond donors (Lipinski definition) is 0. The predicted octanol–water partition coefficient (Wildman–Crippen LogP) is 1.16. The Morgan fingerprint density at radius 1 is 1.22 bits per heavy atom. The summed E-state index contributed by atoms with van der Waals surface area (Å²) >= 11 is 0. The lowest BCUT2D eigenvalue weighted by Crippen LogP contribution is -2.28. The number of aromatic nitrogens is 2. The summed E-state index contributed by atoms with van der Waals surface area (Å²) in [6.45, 7) is 0. The molecule has 0 aliphatic rings. The van der Waals surface area contributed by atoms with Gasteiger partial charge in [-0.2, -0.15) is 0 Å². The SMILES string of the molecule is COC(Cc1ncc(OC(=O)c2ccccc2)c(=O)n1C)OC. The summed E-state index contributed by atoms with van der Waals surface area (Å²) in [5.74, 6) is -0.274. The highest BCUT2D eigenvalue weighted by molar-refractivity contribution is 5.90. The van der Waals surface area contributed by atoms with Gasteiger partial charge in [-0.3, -0.25) is 9.36 Å². The molecule has 0 aliphatic heterocycles. The van der Waals surface area contributed by atoms with Crippen LogP contribution in [0.4, 0.5) is 0 Å². The molecule has 23 heavy (non-hydrogen) atoms. The summed E-state index contributed by atoms with van der Waals surface area (Å²) in [6.07, 6.45) is 1.03. The predicted molar refractivity (Wildman–Crippen MR) is 82.4 cm³/mol. The van der Waals surface area contributed by atoms with Crippen molar-refractivity contribution in [2.45, 2.75) is 12.7 Å². The maximum absolute atomic E-state index is 12.3. The van der Waals surface area contributed by atoms with Gasteiger partial charge in [0.1, 0.15) is 5.82 Å². The van der Waals surface area contributed by atoms with Crippen LogP contribution in [0.3, 0.4) is 0 Å². The second kappa shape index (κ2) is 7.66. The molecule has 1 aromatic heterocycles. The number of rotatable bonds is 6. The number of methoxy groups -OCH3 is 2. The van der Waals surface area contributed by atoms with Gasteiger partial charge < -0.3 is 14.2 Å². The second-order valence-electron chi connectivity index (χ2n) is 4.76. The zero-order valence-corrected chi connectivity index (χ0v) is 13.2. The van der Waals surface area contributed by atoms with Gasteiger partial charge in [-0.1, -0.05) is 18.2 Å². The number of carbonyl (C=O) groups is 1. The van der Waals surface area contributed by atoms with Crippen LogP contribution in [0.25, 0.3) is 0 Å². The van der Waals surface area contributed by atoms with Gasteiger partial charge in [0.05, 0.1) is 18.2 Å². The first-order valence-corrected chi connectivity index (χ1v) is 6.94. The van der Waals surface area contributed by atoms with Gasteiger partial charge in [0.15, 0.2) is 6.29 Å². The molecule has 7 heteroatoms. The Morgan fingerprint density at radius 3 is 2.48 bits per heavy atom. The first-order valence-electron chi connectivity index (χ1n) is 6.94. The highest BCUT2D eigenvalue weighted by Crippen LogP contribution is 2.09. The van der Waals surface area contributed by atoms with Crippen molar-refractivity contribution in [2.24, 2.45) is 7.05 Å². The molecule has 0 amide bonds. The third-order valence-electron chi connectivity index (χ3n) is 3.32. The van der Waals surface area contributed by atoms with Crippen molar-refractivity contribution in [3.8, 4) is 5.75 Å². The standard InChI is InChI=1S/C16H18N2O5/c1-18-13(9-14(21-2)22-3)17-10-12(15(18)19)23-16(20)11-7-5-4-6-8-11/h4-8,10,14H,9H2,1-3H3. The molecular formula is C16H18N2O5. The molecule has 7 nitrogen and oxygen atoms in total. The molecule has 0 unspecified atom stereocenters. The van der Waals surface area contributed by atoms with Gasteiger partial charge in [0.25, 0.3) is 5.56 Å². The van der Waals surface area contributed by atoms with E-state index in [0.29, 0.717) is 17.8 Å². The van der Waals surface area contributed by atoms with Crippen LogP contribution in [0.15, 0.2) is 41.3 Å². The number of carbonyl (C=O) groups excluding carboxylic acids is 1. The Balaban J connectivity index is 2.20. The molecule has 0 N–H and O–H groups in total. The molecule has 122 valence electrons. The summed E-state index contributed by atoms with van der Waals surface area (Å²) in [5.41, 5.74) is -0.0947. The summed E-state index contributed by atoms with van der Waals surface area (Å²) in [4.78, 5) is 28.4. The van der Waals surface area contributed by atoms with Crippen molar-refractivity contribution < 1.29 is 19.0 Å². The average Bonchev–Trinajstić information content (AvgIpc) is 2.59. The smallest absolute Gasteiger partial charge is 0.343 e. The van der Waals surface area contributed by atoms with E-state index in [1.165, 1.54) is 25.0 Å². The summed E-state index contributed by atoms with van der Waals surface area (Å²) in [7, 11) is 4.55. The molecule has 0 aliphatic carbocycles. The van der Waals surface area contributed by atoms with E-state index in [1.807, 2.05) is 0 Å². The van der Waals surface area contributed by atoms with E-state index in [4.69, 9.17) is 14.2 Å². The van der Waals surface area contributed by atoms with E-state index in [2.05, 4.69) is 4.98 Å². The molecule has 2 rings (SSSR count). The van der Waals surface area contributed by atoms with Gasteiger partial charge in [-0.25, -0.2) is 9.78 Å². The minimum atomic E-state index is -0.607. The Kier molecular flexibility index (Phi) is 5.61. The van der Waals surface area contributed by atoms with Crippen molar-refractivity contribution in [1.29, 1.82) is 0 Å². The molecule has 0 saturated heterocycles. The van der Waals surface area contributed by atoms with E-state index >= 15 is 0 Å². The van der Waals surface area contributed by atoms with Crippen LogP contribution in [-0.4, -0.2) is 36.0 Å². The highest BCUT2D eigenvalue weighted by Gasteiger charge is 2.16. The number of benzene rings is 1. The van der Waals surface area contributed by atoms with E-state index in [0.717, 1.165) is 0 Å². The van der Waals surface area contributed by atoms with Crippen molar-refractivity contribution in [3.05, 3.63) is 58.3 Å². The monoisotopic (exact) mass is 318 g/mol. The zero-order chi connectivity index (χ0) is 16.8. The molecule has 0 bridgehead atoms. The van der Waals surface area contributed by atoms with Crippen LogP contribution >= 0.6 is 0 Å². The normalized spacial score (nSPS) is 10.8. The lowest BCUT2D eigenvalue weighted by atomic mass is 10.2. The lowest BCUT2D eigenvalue weighted by Gasteiger charge is -2.15. The minimum Gasteiger partial charge on any atom is -0.415 e. The molecule has 2 aromatic rings. The molecule has 0 fully saturated rings. The molecule has 0 spiro atoms. The maximum Gasteiger partial charge on any atom is 0.343 e. The largest absolute Gasteiger partial charge is 0.415 e. The third-order valence-corrected chi connectivity index (χ3v) is 3.32. The fraction of sp³-hybridized carbons (Fsp3) is 0.312. The highest BCUT2D eigenvalue weighted by atomic mass is 16.7. The topological polar surface area (TPSA) is 79.7 Å². The first kappa shape index (κ1) is 16.9. The second-order valence-corrected chi connectivity index (χ2v) is 4.76. The van der Waals surface area contributed by atoms with Crippen molar-refractivity contribution in [1.82, 2.24) is 9.55 Å². The third kappa shape index (κ3) is 4.02. The van der Waals surface area contributed by atoms with Crippen molar-refractivity contribution in [2.75, 3.05) is 14.2 Å². The summed E-state index contributed by atoms with van der Waals surface area (Å²) in [5, 5.41) is 0. The van der Waals surface area contributed by atoms with E-state index in [1.54, 1.807) is 37.4 Å².